The zero-order valence-electron chi connectivity index (χ0n) is 28.0. The molecule has 1 aliphatic rings. The van der Waals surface area contributed by atoms with Crippen LogP contribution < -0.4 is 16.0 Å². The van der Waals surface area contributed by atoms with Gasteiger partial charge in [0.25, 0.3) is 0 Å². The minimum Gasteiger partial charge on any atom is -0.465 e. The Bertz CT molecular complexity index is 1070. The van der Waals surface area contributed by atoms with Crippen LogP contribution in [0, 0.1) is 17.8 Å². The maximum absolute atomic E-state index is 13.7. The molecule has 0 aromatic rings. The smallest absolute Gasteiger partial charge is 0.325 e. The van der Waals surface area contributed by atoms with E-state index in [9.17, 15) is 33.6 Å². The number of nitrogens with zero attached hydrogens (tertiary/aromatic N) is 2. The monoisotopic (exact) mass is 655 g/mol. The predicted molar refractivity (Wildman–Crippen MR) is 172 cm³/mol. The second-order valence-electron chi connectivity index (χ2n) is 12.7. The van der Waals surface area contributed by atoms with Crippen molar-refractivity contribution in [1.82, 2.24) is 25.8 Å². The molecular weight excluding hydrogens is 602 g/mol. The lowest BCUT2D eigenvalue weighted by molar-refractivity contribution is -0.153. The first-order chi connectivity index (χ1) is 21.0. The minimum atomic E-state index is -1.27. The maximum Gasteiger partial charge on any atom is 0.325 e. The summed E-state index contributed by atoms with van der Waals surface area (Å²) < 4.78 is 4.87. The van der Waals surface area contributed by atoms with Crippen LogP contribution in [0.3, 0.4) is 0 Å². The summed E-state index contributed by atoms with van der Waals surface area (Å²) in [6, 6.07) is -2.95. The van der Waals surface area contributed by atoms with Crippen molar-refractivity contribution in [2.45, 2.75) is 111 Å². The van der Waals surface area contributed by atoms with Crippen LogP contribution in [0.4, 0.5) is 0 Å². The topological polar surface area (TPSA) is 171 Å². The molecular formula is C31H53N5O8S. The lowest BCUT2D eigenvalue weighted by Gasteiger charge is -2.32. The van der Waals surface area contributed by atoms with Crippen LogP contribution >= 0.6 is 12.6 Å². The summed E-state index contributed by atoms with van der Waals surface area (Å²) >= 11 is 4.43. The molecule has 0 spiro atoms. The Labute approximate surface area is 272 Å². The van der Waals surface area contributed by atoms with Crippen LogP contribution in [0.5, 0.6) is 0 Å². The molecule has 1 aliphatic heterocycles. The third-order valence-corrected chi connectivity index (χ3v) is 7.65. The largest absolute Gasteiger partial charge is 0.465 e. The number of imide groups is 1. The van der Waals surface area contributed by atoms with E-state index >= 15 is 0 Å². The van der Waals surface area contributed by atoms with Gasteiger partial charge in [-0.2, -0.15) is 12.6 Å². The van der Waals surface area contributed by atoms with E-state index in [0.717, 1.165) is 4.90 Å². The fourth-order valence-electron chi connectivity index (χ4n) is 5.18. The molecule has 0 bridgehead atoms. The molecule has 256 valence electrons. The minimum absolute atomic E-state index is 0.00167. The molecule has 1 rings (SSSR count). The number of hydrogen-bond donors (Lipinski definition) is 4. The molecule has 45 heavy (non-hydrogen) atoms. The molecule has 1 fully saturated rings. The number of nitrogens with one attached hydrogen (secondary N) is 3. The number of carbonyl (C=O) groups is 7. The van der Waals surface area contributed by atoms with E-state index in [4.69, 9.17) is 4.74 Å². The molecule has 13 nitrogen and oxygen atoms in total. The number of likely N-dealkylation sites (tertiary alicyclic amines) is 1. The van der Waals surface area contributed by atoms with Gasteiger partial charge in [0.2, 0.25) is 35.4 Å². The van der Waals surface area contributed by atoms with Gasteiger partial charge in [-0.1, -0.05) is 41.5 Å². The van der Waals surface area contributed by atoms with Crippen molar-refractivity contribution >= 4 is 54.0 Å². The lowest BCUT2D eigenvalue weighted by Crippen LogP contribution is -2.58. The molecule has 1 unspecified atom stereocenters. The van der Waals surface area contributed by atoms with Crippen molar-refractivity contribution in [3.63, 3.8) is 0 Å². The SMILES string of the molecule is CCOC(=O)CNC(=O)[C@H](CC(C)C)N(C(=O)CNC(=O)[C@H](CC(C)C)NC(=O)[C@@H]1CCCN1C(C)=O)C(=O)C(S)CC(C)C. The van der Waals surface area contributed by atoms with Crippen molar-refractivity contribution in [1.29, 1.82) is 0 Å². The number of rotatable bonds is 17. The molecule has 0 aliphatic carbocycles. The number of esters is 1. The summed E-state index contributed by atoms with van der Waals surface area (Å²) in [5.74, 6) is -4.28. The van der Waals surface area contributed by atoms with Crippen molar-refractivity contribution in [3.05, 3.63) is 0 Å². The molecule has 14 heteroatoms. The van der Waals surface area contributed by atoms with E-state index in [-0.39, 0.29) is 43.1 Å². The van der Waals surface area contributed by atoms with E-state index < -0.39 is 72.0 Å². The Morgan fingerprint density at radius 3 is 1.98 bits per heavy atom. The van der Waals surface area contributed by atoms with Gasteiger partial charge in [0.05, 0.1) is 18.4 Å². The van der Waals surface area contributed by atoms with Gasteiger partial charge in [0.15, 0.2) is 0 Å². The van der Waals surface area contributed by atoms with Crippen LogP contribution in [0.2, 0.25) is 0 Å². The summed E-state index contributed by atoms with van der Waals surface area (Å²) in [6.45, 7) is 13.7. The predicted octanol–water partition coefficient (Wildman–Crippen LogP) is 1.44. The lowest BCUT2D eigenvalue weighted by atomic mass is 9.99. The highest BCUT2D eigenvalue weighted by Crippen LogP contribution is 2.20. The Kier molecular flexibility index (Phi) is 17.2. The summed E-state index contributed by atoms with van der Waals surface area (Å²) in [7, 11) is 0. The van der Waals surface area contributed by atoms with E-state index in [1.54, 1.807) is 6.92 Å². The zero-order chi connectivity index (χ0) is 34.4. The fraction of sp³-hybridized carbons (Fsp3) is 0.774. The number of hydrogen-bond acceptors (Lipinski definition) is 9. The Balaban J connectivity index is 3.23. The van der Waals surface area contributed by atoms with Crippen LogP contribution in [-0.4, -0.2) is 101 Å². The molecule has 0 aromatic heterocycles. The zero-order valence-corrected chi connectivity index (χ0v) is 28.9. The first kappa shape index (κ1) is 39.9. The summed E-state index contributed by atoms with van der Waals surface area (Å²) in [5, 5.41) is 6.83. The number of carbonyl (C=O) groups excluding carboxylic acids is 7. The standard InChI is InChI=1S/C31H53N5O8S/c1-9-44-27(39)17-33-29(41)24(14-19(4)5)36(31(43)25(45)15-20(6)7)26(38)16-32-28(40)22(13-18(2)3)34-30(42)23-11-10-12-35(23)21(8)37/h18-20,22-25,45H,9-17H2,1-8H3,(H,32,40)(H,33,41)(H,34,42)/t22-,23-,24-,25?/m0/s1. The third kappa shape index (κ3) is 13.4. The summed E-state index contributed by atoms with van der Waals surface area (Å²) in [6.07, 6.45) is 1.85. The van der Waals surface area contributed by atoms with Gasteiger partial charge in [-0.25, -0.2) is 0 Å². The van der Waals surface area contributed by atoms with Crippen molar-refractivity contribution < 1.29 is 38.3 Å². The Morgan fingerprint density at radius 2 is 1.44 bits per heavy atom. The first-order valence-corrected chi connectivity index (χ1v) is 16.3. The fourth-order valence-corrected chi connectivity index (χ4v) is 5.73. The molecule has 4 atom stereocenters. The van der Waals surface area contributed by atoms with Gasteiger partial charge < -0.3 is 25.6 Å². The van der Waals surface area contributed by atoms with Gasteiger partial charge in [-0.05, 0) is 56.8 Å². The number of ether oxygens (including phenoxy) is 1. The van der Waals surface area contributed by atoms with Crippen molar-refractivity contribution in [3.8, 4) is 0 Å². The van der Waals surface area contributed by atoms with Crippen LogP contribution in [0.15, 0.2) is 0 Å². The highest BCUT2D eigenvalue weighted by atomic mass is 32.1. The van der Waals surface area contributed by atoms with Gasteiger partial charge in [0, 0.05) is 13.5 Å². The Hall–Kier alpha value is -3.16. The third-order valence-electron chi connectivity index (χ3n) is 7.22. The van der Waals surface area contributed by atoms with Crippen molar-refractivity contribution in [2.75, 3.05) is 26.2 Å². The van der Waals surface area contributed by atoms with Crippen LogP contribution in [0.25, 0.3) is 0 Å². The average Bonchev–Trinajstić information content (AvgIpc) is 3.44. The van der Waals surface area contributed by atoms with E-state index in [0.29, 0.717) is 25.8 Å². The molecule has 1 saturated heterocycles. The average molecular weight is 656 g/mol. The van der Waals surface area contributed by atoms with E-state index in [2.05, 4.69) is 28.6 Å². The van der Waals surface area contributed by atoms with Crippen molar-refractivity contribution in [2.24, 2.45) is 17.8 Å². The van der Waals surface area contributed by atoms with E-state index in [1.165, 1.54) is 11.8 Å². The highest BCUT2D eigenvalue weighted by Gasteiger charge is 2.39. The van der Waals surface area contributed by atoms with Gasteiger partial charge in [-0.3, -0.25) is 38.5 Å². The van der Waals surface area contributed by atoms with Crippen LogP contribution in [0.1, 0.15) is 87.5 Å². The molecule has 0 aromatic carbocycles. The highest BCUT2D eigenvalue weighted by molar-refractivity contribution is 7.81. The molecule has 1 heterocycles. The quantitative estimate of drug-likeness (QED) is 0.135. The van der Waals surface area contributed by atoms with Gasteiger partial charge in [0.1, 0.15) is 24.7 Å². The second kappa shape index (κ2) is 19.4. The first-order valence-electron chi connectivity index (χ1n) is 15.8. The van der Waals surface area contributed by atoms with Gasteiger partial charge >= 0.3 is 5.97 Å². The second-order valence-corrected chi connectivity index (χ2v) is 13.3. The molecule has 3 N–H and O–H groups in total. The Morgan fingerprint density at radius 1 is 0.867 bits per heavy atom. The maximum atomic E-state index is 13.7. The summed E-state index contributed by atoms with van der Waals surface area (Å²) in [4.78, 5) is 93.3. The normalized spacial score (nSPS) is 16.6. The van der Waals surface area contributed by atoms with Gasteiger partial charge in [-0.15, -0.1) is 0 Å². The summed E-state index contributed by atoms with van der Waals surface area (Å²) in [5.41, 5.74) is 0. The number of amides is 6. The molecule has 6 amide bonds. The van der Waals surface area contributed by atoms with Crippen LogP contribution in [-0.2, 0) is 38.3 Å². The number of thiol groups is 1. The van der Waals surface area contributed by atoms with E-state index in [1.807, 2.05) is 41.5 Å². The molecule has 0 radical (unpaired) electrons. The molecule has 0 saturated carbocycles.